The molecule has 25 heavy (non-hydrogen) atoms. The minimum atomic E-state index is -0.462. The second kappa shape index (κ2) is 8.62. The molecule has 0 aliphatic rings. The van der Waals surface area contributed by atoms with Crippen LogP contribution in [0.1, 0.15) is 12.0 Å². The third kappa shape index (κ3) is 5.86. The molecule has 132 valence electrons. The average Bonchev–Trinajstić information content (AvgIpc) is 2.55. The second-order valence-electron chi connectivity index (χ2n) is 5.63. The molecule has 0 spiro atoms. The first-order chi connectivity index (χ1) is 11.8. The lowest BCUT2D eigenvalue weighted by molar-refractivity contribution is -0.118. The van der Waals surface area contributed by atoms with Gasteiger partial charge in [-0.15, -0.1) is 0 Å². The Labute approximate surface area is 154 Å². The van der Waals surface area contributed by atoms with Gasteiger partial charge in [-0.3, -0.25) is 9.59 Å². The van der Waals surface area contributed by atoms with E-state index in [0.29, 0.717) is 11.4 Å². The first-order valence-electron chi connectivity index (χ1n) is 7.70. The molecule has 0 fully saturated rings. The number of nitrogens with one attached hydrogen (secondary N) is 1. The zero-order valence-electron chi connectivity index (χ0n) is 13.8. The van der Waals surface area contributed by atoms with Gasteiger partial charge < -0.3 is 16.0 Å². The Morgan fingerprint density at radius 1 is 1.20 bits per heavy atom. The molecular weight excluding hydrogens is 389 g/mol. The fourth-order valence-electron chi connectivity index (χ4n) is 2.29. The molecule has 0 saturated heterocycles. The number of rotatable bonds is 7. The van der Waals surface area contributed by atoms with Gasteiger partial charge in [0.2, 0.25) is 11.8 Å². The fourth-order valence-corrected chi connectivity index (χ4v) is 2.54. The van der Waals surface area contributed by atoms with Crippen LogP contribution in [0.2, 0.25) is 0 Å². The number of halogens is 2. The van der Waals surface area contributed by atoms with Crippen LogP contribution in [0, 0.1) is 12.7 Å². The maximum Gasteiger partial charge on any atom is 0.243 e. The standard InChI is InChI=1S/C18H19BrFN3O2/c1-12-10-14(4-7-16(12)19)22-18(25)11-23(9-8-17(21)24)15-5-2-13(20)3-6-15/h2-7,10H,8-9,11H2,1H3,(H2,21,24)(H,22,25). The van der Waals surface area contributed by atoms with Crippen LogP contribution in [-0.4, -0.2) is 24.9 Å². The van der Waals surface area contributed by atoms with Crippen molar-refractivity contribution in [1.82, 2.24) is 0 Å². The lowest BCUT2D eigenvalue weighted by Crippen LogP contribution is -2.35. The number of anilines is 2. The van der Waals surface area contributed by atoms with Crippen molar-refractivity contribution in [3.05, 3.63) is 58.3 Å². The SMILES string of the molecule is Cc1cc(NC(=O)CN(CCC(N)=O)c2ccc(F)cc2)ccc1Br. The number of carbonyl (C=O) groups excluding carboxylic acids is 2. The van der Waals surface area contributed by atoms with Crippen LogP contribution in [0.3, 0.4) is 0 Å². The van der Waals surface area contributed by atoms with Crippen molar-refractivity contribution in [1.29, 1.82) is 0 Å². The predicted molar refractivity (Wildman–Crippen MR) is 99.9 cm³/mol. The molecule has 0 aliphatic carbocycles. The summed E-state index contributed by atoms with van der Waals surface area (Å²) in [5, 5.41) is 2.82. The second-order valence-corrected chi connectivity index (χ2v) is 6.48. The summed E-state index contributed by atoms with van der Waals surface area (Å²) in [4.78, 5) is 25.1. The molecule has 5 nitrogen and oxygen atoms in total. The van der Waals surface area contributed by atoms with Crippen LogP contribution < -0.4 is 16.0 Å². The highest BCUT2D eigenvalue weighted by Crippen LogP contribution is 2.20. The summed E-state index contributed by atoms with van der Waals surface area (Å²) in [6.07, 6.45) is 0.0993. The van der Waals surface area contributed by atoms with Crippen LogP contribution >= 0.6 is 15.9 Å². The van der Waals surface area contributed by atoms with Gasteiger partial charge in [0.1, 0.15) is 5.82 Å². The molecule has 0 atom stereocenters. The summed E-state index contributed by atoms with van der Waals surface area (Å²) in [6, 6.07) is 11.2. The first-order valence-corrected chi connectivity index (χ1v) is 8.49. The zero-order valence-corrected chi connectivity index (χ0v) is 15.3. The summed E-state index contributed by atoms with van der Waals surface area (Å²) in [7, 11) is 0. The highest BCUT2D eigenvalue weighted by molar-refractivity contribution is 9.10. The monoisotopic (exact) mass is 407 g/mol. The van der Waals surface area contributed by atoms with Crippen molar-refractivity contribution < 1.29 is 14.0 Å². The van der Waals surface area contributed by atoms with Gasteiger partial charge in [-0.2, -0.15) is 0 Å². The number of amides is 2. The number of aryl methyl sites for hydroxylation is 1. The van der Waals surface area contributed by atoms with Gasteiger partial charge in [0.15, 0.2) is 0 Å². The minimum Gasteiger partial charge on any atom is -0.370 e. The van der Waals surface area contributed by atoms with E-state index in [1.807, 2.05) is 19.1 Å². The van der Waals surface area contributed by atoms with Gasteiger partial charge in [-0.05, 0) is 55.0 Å². The van der Waals surface area contributed by atoms with Gasteiger partial charge in [-0.1, -0.05) is 15.9 Å². The summed E-state index contributed by atoms with van der Waals surface area (Å²) >= 11 is 3.41. The Hall–Kier alpha value is -2.41. The molecule has 0 heterocycles. The van der Waals surface area contributed by atoms with E-state index in [2.05, 4.69) is 21.2 Å². The van der Waals surface area contributed by atoms with E-state index in [9.17, 15) is 14.0 Å². The fraction of sp³-hybridized carbons (Fsp3) is 0.222. The molecular formula is C18H19BrFN3O2. The van der Waals surface area contributed by atoms with Gasteiger partial charge in [0.25, 0.3) is 0 Å². The Bertz CT molecular complexity index is 765. The molecule has 0 saturated carbocycles. The molecule has 2 aromatic carbocycles. The molecule has 0 unspecified atom stereocenters. The molecule has 7 heteroatoms. The molecule has 2 aromatic rings. The van der Waals surface area contributed by atoms with E-state index in [-0.39, 0.29) is 31.2 Å². The minimum absolute atomic E-state index is 0.0218. The van der Waals surface area contributed by atoms with E-state index in [1.165, 1.54) is 12.1 Å². The van der Waals surface area contributed by atoms with Crippen molar-refractivity contribution in [2.45, 2.75) is 13.3 Å². The van der Waals surface area contributed by atoms with Crippen molar-refractivity contribution >= 4 is 39.1 Å². The van der Waals surface area contributed by atoms with E-state index in [1.54, 1.807) is 23.1 Å². The van der Waals surface area contributed by atoms with Crippen LogP contribution in [-0.2, 0) is 9.59 Å². The van der Waals surface area contributed by atoms with Crippen molar-refractivity contribution in [3.63, 3.8) is 0 Å². The third-order valence-corrected chi connectivity index (χ3v) is 4.49. The van der Waals surface area contributed by atoms with Gasteiger partial charge in [0, 0.05) is 28.8 Å². The van der Waals surface area contributed by atoms with Gasteiger partial charge in [0.05, 0.1) is 6.54 Å². The van der Waals surface area contributed by atoms with Crippen LogP contribution in [0.4, 0.5) is 15.8 Å². The van der Waals surface area contributed by atoms with E-state index in [4.69, 9.17) is 5.73 Å². The highest BCUT2D eigenvalue weighted by atomic mass is 79.9. The normalized spacial score (nSPS) is 10.4. The maximum atomic E-state index is 13.1. The van der Waals surface area contributed by atoms with Crippen LogP contribution in [0.15, 0.2) is 46.9 Å². The van der Waals surface area contributed by atoms with E-state index >= 15 is 0 Å². The summed E-state index contributed by atoms with van der Waals surface area (Å²) < 4.78 is 14.1. The number of primary amides is 1. The number of hydrogen-bond acceptors (Lipinski definition) is 3. The molecule has 0 radical (unpaired) electrons. The summed E-state index contributed by atoms with van der Waals surface area (Å²) in [6.45, 7) is 2.22. The van der Waals surface area contributed by atoms with Crippen molar-refractivity contribution in [2.24, 2.45) is 5.73 Å². The Kier molecular flexibility index (Phi) is 6.52. The molecule has 0 aromatic heterocycles. The summed E-state index contributed by atoms with van der Waals surface area (Å²) in [5.74, 6) is -1.07. The lowest BCUT2D eigenvalue weighted by atomic mass is 10.2. The van der Waals surface area contributed by atoms with E-state index < -0.39 is 5.91 Å². The largest absolute Gasteiger partial charge is 0.370 e. The number of benzene rings is 2. The lowest BCUT2D eigenvalue weighted by Gasteiger charge is -2.24. The van der Waals surface area contributed by atoms with E-state index in [0.717, 1.165) is 10.0 Å². The topological polar surface area (TPSA) is 75.4 Å². The van der Waals surface area contributed by atoms with Crippen molar-refractivity contribution in [2.75, 3.05) is 23.3 Å². The summed E-state index contributed by atoms with van der Waals surface area (Å²) in [5.41, 5.74) is 7.52. The number of nitrogens with zero attached hydrogens (tertiary/aromatic N) is 1. The Morgan fingerprint density at radius 2 is 1.88 bits per heavy atom. The van der Waals surface area contributed by atoms with Crippen LogP contribution in [0.5, 0.6) is 0 Å². The molecule has 2 amide bonds. The Balaban J connectivity index is 2.08. The molecule has 2 rings (SSSR count). The quantitative estimate of drug-likeness (QED) is 0.739. The molecule has 3 N–H and O–H groups in total. The Morgan fingerprint density at radius 3 is 2.48 bits per heavy atom. The predicted octanol–water partition coefficient (Wildman–Crippen LogP) is 3.22. The van der Waals surface area contributed by atoms with Gasteiger partial charge >= 0.3 is 0 Å². The van der Waals surface area contributed by atoms with Crippen LogP contribution in [0.25, 0.3) is 0 Å². The zero-order chi connectivity index (χ0) is 18.4. The number of hydrogen-bond donors (Lipinski definition) is 2. The molecule has 0 aliphatic heterocycles. The number of carbonyl (C=O) groups is 2. The first kappa shape index (κ1) is 18.9. The smallest absolute Gasteiger partial charge is 0.243 e. The van der Waals surface area contributed by atoms with Gasteiger partial charge in [-0.25, -0.2) is 4.39 Å². The number of nitrogens with two attached hydrogens (primary N) is 1. The average molecular weight is 408 g/mol. The highest BCUT2D eigenvalue weighted by Gasteiger charge is 2.13. The molecule has 0 bridgehead atoms. The maximum absolute atomic E-state index is 13.1. The van der Waals surface area contributed by atoms with Crippen molar-refractivity contribution in [3.8, 4) is 0 Å². The third-order valence-electron chi connectivity index (χ3n) is 3.60.